The average molecular weight is 500 g/mol. The zero-order chi connectivity index (χ0) is 26.6. The number of rotatable bonds is 5. The van der Waals surface area contributed by atoms with E-state index in [0.717, 1.165) is 56.1 Å². The summed E-state index contributed by atoms with van der Waals surface area (Å²) in [4.78, 5) is 17.9. The zero-order valence-electron chi connectivity index (χ0n) is 22.7. The van der Waals surface area contributed by atoms with Crippen LogP contribution in [0.2, 0.25) is 0 Å². The predicted molar refractivity (Wildman–Crippen MR) is 147 cm³/mol. The van der Waals surface area contributed by atoms with Crippen LogP contribution in [0.3, 0.4) is 0 Å². The number of benzene rings is 3. The Hall–Kier alpha value is -3.31. The maximum atomic E-state index is 15.5. The fourth-order valence-electron chi connectivity index (χ4n) is 5.47. The molecule has 3 aromatic carbocycles. The van der Waals surface area contributed by atoms with Crippen LogP contribution in [0.15, 0.2) is 42.6 Å². The van der Waals surface area contributed by atoms with Crippen molar-refractivity contribution in [3.8, 4) is 16.9 Å². The van der Waals surface area contributed by atoms with Crippen LogP contribution in [0, 0.1) is 12.7 Å². The number of ketones is 1. The van der Waals surface area contributed by atoms with Crippen molar-refractivity contribution >= 4 is 27.5 Å². The smallest absolute Gasteiger partial charge is 0.163 e. The first-order chi connectivity index (χ1) is 17.5. The molecule has 5 rings (SSSR count). The molecule has 1 atom stereocenters. The lowest BCUT2D eigenvalue weighted by atomic mass is 9.84. The normalized spacial score (nSPS) is 14.3. The lowest BCUT2D eigenvalue weighted by Gasteiger charge is -2.30. The topological polar surface area (TPSA) is 48.4 Å². The van der Waals surface area contributed by atoms with Gasteiger partial charge in [0, 0.05) is 23.6 Å². The third-order valence-electron chi connectivity index (χ3n) is 7.07. The molecule has 0 unspecified atom stereocenters. The van der Waals surface area contributed by atoms with Gasteiger partial charge >= 0.3 is 0 Å². The Balaban J connectivity index is 1.94. The molecule has 4 nitrogen and oxygen atoms in total. The summed E-state index contributed by atoms with van der Waals surface area (Å²) in [5, 5.41) is 2.64. The minimum absolute atomic E-state index is 0.0429. The molecule has 2 heterocycles. The minimum atomic E-state index is -0.811. The van der Waals surface area contributed by atoms with Gasteiger partial charge in [-0.25, -0.2) is 4.39 Å². The Bertz CT molecular complexity index is 1540. The van der Waals surface area contributed by atoms with Gasteiger partial charge in [0.05, 0.1) is 17.7 Å². The molecule has 0 bridgehead atoms. The molecule has 0 aliphatic carbocycles. The van der Waals surface area contributed by atoms with E-state index in [0.29, 0.717) is 12.2 Å². The summed E-state index contributed by atoms with van der Waals surface area (Å²) < 4.78 is 27.8. The molecule has 1 aromatic heterocycles. The summed E-state index contributed by atoms with van der Waals surface area (Å²) in [5.74, 6) is 0.487. The van der Waals surface area contributed by atoms with E-state index in [1.807, 2.05) is 78.1 Å². The first-order valence-electron chi connectivity index (χ1n) is 12.9. The molecule has 0 radical (unpaired) electrons. The Morgan fingerprint density at radius 2 is 1.89 bits per heavy atom. The first-order valence-corrected chi connectivity index (χ1v) is 12.9. The zero-order valence-corrected chi connectivity index (χ0v) is 22.7. The van der Waals surface area contributed by atoms with E-state index in [1.54, 1.807) is 13.0 Å². The molecule has 192 valence electrons. The highest BCUT2D eigenvalue weighted by Crippen LogP contribution is 2.45. The van der Waals surface area contributed by atoms with Crippen molar-refractivity contribution in [1.82, 2.24) is 4.98 Å². The van der Waals surface area contributed by atoms with Crippen molar-refractivity contribution in [2.75, 3.05) is 6.61 Å². The van der Waals surface area contributed by atoms with Crippen molar-refractivity contribution in [1.29, 1.82) is 0 Å². The largest absolute Gasteiger partial charge is 0.493 e. The third kappa shape index (κ3) is 4.50. The van der Waals surface area contributed by atoms with Crippen molar-refractivity contribution in [3.05, 3.63) is 70.7 Å². The fraction of sp³-hybridized carbons (Fsp3) is 0.375. The van der Waals surface area contributed by atoms with Crippen LogP contribution in [0.5, 0.6) is 5.75 Å². The van der Waals surface area contributed by atoms with Crippen LogP contribution in [-0.2, 0) is 16.0 Å². The average Bonchev–Trinajstić information content (AvgIpc) is 2.82. The SMILES string of the molecule is CC(=O)[C@@H](OC(C)(C)C)c1c(C)cc2cc(C(C)C)c(F)cc2c1-c1ccc2c3c(ccnc13)CCO2. The molecule has 0 amide bonds. The Labute approximate surface area is 217 Å². The number of Topliss-reactive ketones (excluding diaryl/α,β-unsaturated/α-hetero) is 1. The number of nitrogens with zero attached hydrogens (tertiary/aromatic N) is 1. The monoisotopic (exact) mass is 499 g/mol. The molecule has 4 aromatic rings. The van der Waals surface area contributed by atoms with Gasteiger partial charge in [-0.3, -0.25) is 9.78 Å². The number of aromatic nitrogens is 1. The van der Waals surface area contributed by atoms with Crippen molar-refractivity contribution in [2.24, 2.45) is 0 Å². The van der Waals surface area contributed by atoms with E-state index in [-0.39, 0.29) is 17.5 Å². The molecule has 1 aliphatic heterocycles. The van der Waals surface area contributed by atoms with Crippen LogP contribution >= 0.6 is 0 Å². The van der Waals surface area contributed by atoms with Crippen LogP contribution in [-0.4, -0.2) is 23.0 Å². The summed E-state index contributed by atoms with van der Waals surface area (Å²) in [5.41, 5.74) is 5.38. The molecule has 0 fully saturated rings. The van der Waals surface area contributed by atoms with Gasteiger partial charge < -0.3 is 9.47 Å². The molecule has 0 spiro atoms. The summed E-state index contributed by atoms with van der Waals surface area (Å²) in [6.07, 6.45) is 1.81. The van der Waals surface area contributed by atoms with Gasteiger partial charge in [-0.2, -0.15) is 0 Å². The molecular weight excluding hydrogens is 465 g/mol. The molecule has 0 saturated carbocycles. The van der Waals surface area contributed by atoms with Crippen LogP contribution in [0.4, 0.5) is 4.39 Å². The first kappa shape index (κ1) is 25.3. The number of ether oxygens (including phenoxy) is 2. The minimum Gasteiger partial charge on any atom is -0.493 e. The number of fused-ring (bicyclic) bond motifs is 1. The number of hydrogen-bond acceptors (Lipinski definition) is 4. The van der Waals surface area contributed by atoms with Gasteiger partial charge in [0.25, 0.3) is 0 Å². The molecule has 0 N–H and O–H groups in total. The fourth-order valence-corrected chi connectivity index (χ4v) is 5.47. The van der Waals surface area contributed by atoms with E-state index < -0.39 is 11.7 Å². The Morgan fingerprint density at radius 3 is 2.57 bits per heavy atom. The third-order valence-corrected chi connectivity index (χ3v) is 7.07. The summed E-state index contributed by atoms with van der Waals surface area (Å²) in [6.45, 7) is 14.0. The molecule has 37 heavy (non-hydrogen) atoms. The molecule has 0 saturated heterocycles. The van der Waals surface area contributed by atoms with Crippen LogP contribution in [0.25, 0.3) is 32.8 Å². The van der Waals surface area contributed by atoms with Crippen molar-refractivity contribution in [2.45, 2.75) is 72.5 Å². The van der Waals surface area contributed by atoms with E-state index in [1.165, 1.54) is 5.56 Å². The molecule has 5 heteroatoms. The van der Waals surface area contributed by atoms with Gasteiger partial charge in [-0.1, -0.05) is 19.9 Å². The number of halogens is 1. The highest BCUT2D eigenvalue weighted by atomic mass is 19.1. The maximum absolute atomic E-state index is 15.5. The van der Waals surface area contributed by atoms with Crippen LogP contribution in [0.1, 0.15) is 75.8 Å². The molecule has 1 aliphatic rings. The van der Waals surface area contributed by atoms with Crippen molar-refractivity contribution in [3.63, 3.8) is 0 Å². The highest BCUT2D eigenvalue weighted by molar-refractivity contribution is 6.09. The van der Waals surface area contributed by atoms with Crippen LogP contribution < -0.4 is 4.74 Å². The Morgan fingerprint density at radius 1 is 1.14 bits per heavy atom. The lowest BCUT2D eigenvalue weighted by Crippen LogP contribution is -2.27. The van der Waals surface area contributed by atoms with Gasteiger partial charge in [-0.05, 0) is 109 Å². The van der Waals surface area contributed by atoms with Gasteiger partial charge in [0.15, 0.2) is 5.78 Å². The summed E-state index contributed by atoms with van der Waals surface area (Å²) in [7, 11) is 0. The second-order valence-electron chi connectivity index (χ2n) is 11.4. The van der Waals surface area contributed by atoms with Crippen molar-refractivity contribution < 1.29 is 18.7 Å². The second-order valence-corrected chi connectivity index (χ2v) is 11.4. The van der Waals surface area contributed by atoms with E-state index in [9.17, 15) is 4.79 Å². The predicted octanol–water partition coefficient (Wildman–Crippen LogP) is 8.01. The maximum Gasteiger partial charge on any atom is 0.163 e. The standard InChI is InChI=1S/C32H34FNO3/c1-17(2)23-15-21-14-18(3)27(31(19(4)35)37-32(5,6)7)29(24(21)16-25(23)33)22-8-9-26-28-20(11-13-36-26)10-12-34-30(22)28/h8-10,12,14-17,31H,11,13H2,1-7H3/t31-/m1/s1. The molecular formula is C32H34FNO3. The quantitative estimate of drug-likeness (QED) is 0.279. The summed E-state index contributed by atoms with van der Waals surface area (Å²) >= 11 is 0. The number of pyridine rings is 1. The van der Waals surface area contributed by atoms with Gasteiger partial charge in [0.2, 0.25) is 0 Å². The van der Waals surface area contributed by atoms with E-state index in [2.05, 4.69) is 0 Å². The second kappa shape index (κ2) is 9.21. The number of carbonyl (C=O) groups is 1. The number of hydrogen-bond donors (Lipinski definition) is 0. The van der Waals surface area contributed by atoms with Gasteiger partial charge in [0.1, 0.15) is 17.7 Å². The summed E-state index contributed by atoms with van der Waals surface area (Å²) in [6, 6.07) is 11.6. The number of carbonyl (C=O) groups excluding carboxylic acids is 1. The van der Waals surface area contributed by atoms with Gasteiger partial charge in [-0.15, -0.1) is 0 Å². The Kier molecular flexibility index (Phi) is 6.31. The number of aryl methyl sites for hydroxylation is 1. The van der Waals surface area contributed by atoms with E-state index in [4.69, 9.17) is 14.5 Å². The van der Waals surface area contributed by atoms with E-state index >= 15 is 4.39 Å². The lowest BCUT2D eigenvalue weighted by molar-refractivity contribution is -0.138. The highest BCUT2D eigenvalue weighted by Gasteiger charge is 2.31.